The Kier molecular flexibility index (Phi) is 4.13. The molecular formula is C12H19N5O2. The van der Waals surface area contributed by atoms with E-state index in [9.17, 15) is 9.59 Å². The van der Waals surface area contributed by atoms with Crippen molar-refractivity contribution in [3.8, 4) is 0 Å². The molecule has 0 saturated carbocycles. The third-order valence-corrected chi connectivity index (χ3v) is 3.44. The summed E-state index contributed by atoms with van der Waals surface area (Å²) in [4.78, 5) is 31.1. The van der Waals surface area contributed by atoms with Crippen LogP contribution in [0.3, 0.4) is 0 Å². The number of rotatable bonds is 3. The van der Waals surface area contributed by atoms with Crippen LogP contribution in [-0.4, -0.2) is 56.9 Å². The first-order valence-corrected chi connectivity index (χ1v) is 6.42. The van der Waals surface area contributed by atoms with Gasteiger partial charge in [0.2, 0.25) is 11.8 Å². The van der Waals surface area contributed by atoms with Crippen molar-refractivity contribution in [2.45, 2.75) is 26.3 Å². The highest BCUT2D eigenvalue weighted by atomic mass is 16.2. The summed E-state index contributed by atoms with van der Waals surface area (Å²) >= 11 is 0. The molecule has 1 aliphatic rings. The van der Waals surface area contributed by atoms with Crippen LogP contribution >= 0.6 is 0 Å². The smallest absolute Gasteiger partial charge is 0.227 e. The number of carbonyl (C=O) groups excluding carboxylic acids is 2. The highest BCUT2D eigenvalue weighted by molar-refractivity contribution is 5.80. The summed E-state index contributed by atoms with van der Waals surface area (Å²) in [5.74, 6) is 0.651. The lowest BCUT2D eigenvalue weighted by molar-refractivity contribution is -0.139. The van der Waals surface area contributed by atoms with Gasteiger partial charge in [-0.05, 0) is 12.8 Å². The maximum atomic E-state index is 12.3. The van der Waals surface area contributed by atoms with Crippen LogP contribution < -0.4 is 0 Å². The molecule has 104 valence electrons. The standard InChI is InChI=1S/C12H19N5O2/c1-9(18)17-5-3-4-10(6-17)12(19)16(2)7-11-13-8-14-15-11/h8,10H,3-7H2,1-2H3,(H,13,14,15). The molecule has 2 amide bonds. The SMILES string of the molecule is CC(=O)N1CCCC(C(=O)N(C)Cc2ncn[nH]2)C1. The normalized spacial score (nSPS) is 19.3. The molecule has 1 N–H and O–H groups in total. The van der Waals surface area contributed by atoms with Gasteiger partial charge >= 0.3 is 0 Å². The minimum atomic E-state index is -0.106. The lowest BCUT2D eigenvalue weighted by Crippen LogP contribution is -2.45. The molecular weight excluding hydrogens is 246 g/mol. The molecule has 0 aromatic carbocycles. The number of hydrogen-bond donors (Lipinski definition) is 1. The zero-order chi connectivity index (χ0) is 13.8. The first-order chi connectivity index (χ1) is 9.08. The molecule has 1 unspecified atom stereocenters. The zero-order valence-corrected chi connectivity index (χ0v) is 11.3. The molecule has 0 spiro atoms. The number of nitrogens with zero attached hydrogens (tertiary/aromatic N) is 4. The molecule has 0 radical (unpaired) electrons. The lowest BCUT2D eigenvalue weighted by Gasteiger charge is -2.33. The van der Waals surface area contributed by atoms with Crippen molar-refractivity contribution < 1.29 is 9.59 Å². The lowest BCUT2D eigenvalue weighted by atomic mass is 9.96. The zero-order valence-electron chi connectivity index (χ0n) is 11.3. The third kappa shape index (κ3) is 3.30. The van der Waals surface area contributed by atoms with Gasteiger partial charge in [0.05, 0.1) is 12.5 Å². The first-order valence-electron chi connectivity index (χ1n) is 6.42. The average molecular weight is 265 g/mol. The van der Waals surface area contributed by atoms with Crippen LogP contribution in [0.15, 0.2) is 6.33 Å². The number of amides is 2. The quantitative estimate of drug-likeness (QED) is 0.835. The van der Waals surface area contributed by atoms with Gasteiger partial charge in [-0.25, -0.2) is 4.98 Å². The Bertz CT molecular complexity index is 445. The molecule has 0 aliphatic carbocycles. The number of carbonyl (C=O) groups is 2. The molecule has 1 aliphatic heterocycles. The van der Waals surface area contributed by atoms with Crippen molar-refractivity contribution >= 4 is 11.8 Å². The van der Waals surface area contributed by atoms with Gasteiger partial charge in [-0.15, -0.1) is 0 Å². The van der Waals surface area contributed by atoms with Crippen LogP contribution in [0.5, 0.6) is 0 Å². The van der Waals surface area contributed by atoms with Crippen molar-refractivity contribution in [1.82, 2.24) is 25.0 Å². The van der Waals surface area contributed by atoms with Gasteiger partial charge in [0.15, 0.2) is 0 Å². The molecule has 7 nitrogen and oxygen atoms in total. The van der Waals surface area contributed by atoms with Crippen LogP contribution in [0.25, 0.3) is 0 Å². The molecule has 1 saturated heterocycles. The third-order valence-electron chi connectivity index (χ3n) is 3.44. The summed E-state index contributed by atoms with van der Waals surface area (Å²) < 4.78 is 0. The number of piperidine rings is 1. The summed E-state index contributed by atoms with van der Waals surface area (Å²) in [5, 5.41) is 6.49. The van der Waals surface area contributed by atoms with E-state index in [4.69, 9.17) is 0 Å². The minimum Gasteiger partial charge on any atom is -0.342 e. The van der Waals surface area contributed by atoms with E-state index in [-0.39, 0.29) is 17.7 Å². The molecule has 2 heterocycles. The van der Waals surface area contributed by atoms with Crippen LogP contribution in [0.1, 0.15) is 25.6 Å². The van der Waals surface area contributed by atoms with Crippen LogP contribution in [0, 0.1) is 5.92 Å². The predicted octanol–water partition coefficient (Wildman–Crippen LogP) is 0.0216. The van der Waals surface area contributed by atoms with E-state index < -0.39 is 0 Å². The predicted molar refractivity (Wildman–Crippen MR) is 67.8 cm³/mol. The summed E-state index contributed by atoms with van der Waals surface area (Å²) in [6, 6.07) is 0. The number of aromatic nitrogens is 3. The van der Waals surface area contributed by atoms with Gasteiger partial charge in [0, 0.05) is 27.1 Å². The Labute approximate surface area is 112 Å². The summed E-state index contributed by atoms with van der Waals surface area (Å²) in [6.07, 6.45) is 3.14. The topological polar surface area (TPSA) is 82.2 Å². The largest absolute Gasteiger partial charge is 0.342 e. The maximum Gasteiger partial charge on any atom is 0.227 e. The highest BCUT2D eigenvalue weighted by Gasteiger charge is 2.29. The number of likely N-dealkylation sites (tertiary alicyclic amines) is 1. The highest BCUT2D eigenvalue weighted by Crippen LogP contribution is 2.19. The maximum absolute atomic E-state index is 12.3. The summed E-state index contributed by atoms with van der Waals surface area (Å²) in [7, 11) is 1.75. The Morgan fingerprint density at radius 2 is 2.37 bits per heavy atom. The Hall–Kier alpha value is -1.92. The van der Waals surface area contributed by atoms with Crippen LogP contribution in [0.2, 0.25) is 0 Å². The van der Waals surface area contributed by atoms with Crippen LogP contribution in [-0.2, 0) is 16.1 Å². The fourth-order valence-electron chi connectivity index (χ4n) is 2.39. The Morgan fingerprint density at radius 3 is 3.00 bits per heavy atom. The van der Waals surface area contributed by atoms with Gasteiger partial charge in [0.1, 0.15) is 12.2 Å². The number of hydrogen-bond acceptors (Lipinski definition) is 4. The van der Waals surface area contributed by atoms with Crippen molar-refractivity contribution in [3.05, 3.63) is 12.2 Å². The van der Waals surface area contributed by atoms with E-state index >= 15 is 0 Å². The number of aromatic amines is 1. The van der Waals surface area contributed by atoms with E-state index in [1.54, 1.807) is 23.8 Å². The van der Waals surface area contributed by atoms with E-state index in [0.29, 0.717) is 18.9 Å². The fourth-order valence-corrected chi connectivity index (χ4v) is 2.39. The molecule has 1 aromatic heterocycles. The van der Waals surface area contributed by atoms with E-state index in [2.05, 4.69) is 15.2 Å². The molecule has 19 heavy (non-hydrogen) atoms. The van der Waals surface area contributed by atoms with Crippen molar-refractivity contribution in [2.24, 2.45) is 5.92 Å². The fraction of sp³-hybridized carbons (Fsp3) is 0.667. The van der Waals surface area contributed by atoms with Crippen LogP contribution in [0.4, 0.5) is 0 Å². The van der Waals surface area contributed by atoms with Crippen molar-refractivity contribution in [2.75, 3.05) is 20.1 Å². The van der Waals surface area contributed by atoms with Gasteiger partial charge in [0.25, 0.3) is 0 Å². The van der Waals surface area contributed by atoms with E-state index in [0.717, 1.165) is 19.4 Å². The Balaban J connectivity index is 1.93. The molecule has 1 fully saturated rings. The molecule has 1 aromatic rings. The summed E-state index contributed by atoms with van der Waals surface area (Å²) in [5.41, 5.74) is 0. The van der Waals surface area contributed by atoms with Gasteiger partial charge < -0.3 is 9.80 Å². The minimum absolute atomic E-state index is 0.0374. The molecule has 7 heteroatoms. The second kappa shape index (κ2) is 5.81. The second-order valence-corrected chi connectivity index (χ2v) is 4.93. The van der Waals surface area contributed by atoms with E-state index in [1.807, 2.05) is 0 Å². The van der Waals surface area contributed by atoms with Crippen molar-refractivity contribution in [1.29, 1.82) is 0 Å². The van der Waals surface area contributed by atoms with Gasteiger partial charge in [-0.2, -0.15) is 5.10 Å². The van der Waals surface area contributed by atoms with E-state index in [1.165, 1.54) is 6.33 Å². The Morgan fingerprint density at radius 1 is 1.58 bits per heavy atom. The monoisotopic (exact) mass is 265 g/mol. The molecule has 1 atom stereocenters. The van der Waals surface area contributed by atoms with Gasteiger partial charge in [-0.1, -0.05) is 0 Å². The number of nitrogens with one attached hydrogen (secondary N) is 1. The molecule has 0 bridgehead atoms. The number of H-pyrrole nitrogens is 1. The second-order valence-electron chi connectivity index (χ2n) is 4.93. The van der Waals surface area contributed by atoms with Gasteiger partial charge in [-0.3, -0.25) is 14.7 Å². The van der Waals surface area contributed by atoms with Crippen molar-refractivity contribution in [3.63, 3.8) is 0 Å². The summed E-state index contributed by atoms with van der Waals surface area (Å²) in [6.45, 7) is 3.24. The molecule has 2 rings (SSSR count). The first kappa shape index (κ1) is 13.5. The average Bonchev–Trinajstić information content (AvgIpc) is 2.90.